The topological polar surface area (TPSA) is 103 Å². The van der Waals surface area contributed by atoms with Gasteiger partial charge in [-0.1, -0.05) is 11.6 Å². The molecule has 4 amide bonds. The first-order valence-electron chi connectivity index (χ1n) is 10.7. The number of rotatable bonds is 9. The maximum absolute atomic E-state index is 13.4. The third-order valence-electron chi connectivity index (χ3n) is 4.77. The normalized spacial score (nSPS) is 14.8. The van der Waals surface area contributed by atoms with Crippen LogP contribution in [0.25, 0.3) is 6.08 Å². The van der Waals surface area contributed by atoms with Gasteiger partial charge in [0, 0.05) is 12.1 Å². The van der Waals surface area contributed by atoms with Gasteiger partial charge in [-0.15, -0.1) is 0 Å². The van der Waals surface area contributed by atoms with Crippen molar-refractivity contribution < 1.29 is 33.3 Å². The minimum Gasteiger partial charge on any atom is -0.494 e. The Labute approximate surface area is 202 Å². The summed E-state index contributed by atoms with van der Waals surface area (Å²) >= 11 is 6.37. The Morgan fingerprint density at radius 2 is 1.59 bits per heavy atom. The van der Waals surface area contributed by atoms with Crippen LogP contribution in [-0.2, 0) is 9.59 Å². The molecule has 2 aromatic rings. The van der Waals surface area contributed by atoms with Crippen molar-refractivity contribution in [2.24, 2.45) is 0 Å². The van der Waals surface area contributed by atoms with E-state index in [1.54, 1.807) is 25.1 Å². The summed E-state index contributed by atoms with van der Waals surface area (Å²) in [6.07, 6.45) is 1.30. The Bertz CT molecular complexity index is 1150. The molecule has 0 unspecified atom stereocenters. The van der Waals surface area contributed by atoms with Crippen molar-refractivity contribution in [1.82, 2.24) is 5.32 Å². The van der Waals surface area contributed by atoms with E-state index in [0.717, 1.165) is 4.90 Å². The van der Waals surface area contributed by atoms with Crippen LogP contribution in [0, 0.1) is 0 Å². The summed E-state index contributed by atoms with van der Waals surface area (Å²) in [5.74, 6) is -0.186. The standard InChI is InChI=1S/C24H25ClN2O7/c1-5-32-15-8-9-19(33-6-2)18(12-15)27-23(29)16(22(28)26-24(27)30)10-14-11-20(31-4)21(34-7-3)13-17(14)25/h8-13H,5-7H2,1-4H3,(H,26,28,30)/b16-10+. The van der Waals surface area contributed by atoms with Crippen molar-refractivity contribution in [3.8, 4) is 23.0 Å². The zero-order chi connectivity index (χ0) is 24.8. The van der Waals surface area contributed by atoms with Gasteiger partial charge in [0.05, 0.1) is 37.6 Å². The van der Waals surface area contributed by atoms with E-state index >= 15 is 0 Å². The molecule has 180 valence electrons. The lowest BCUT2D eigenvalue weighted by Crippen LogP contribution is -2.54. The number of ether oxygens (including phenoxy) is 4. The van der Waals surface area contributed by atoms with Gasteiger partial charge in [-0.3, -0.25) is 14.9 Å². The number of methoxy groups -OCH3 is 1. The fraction of sp³-hybridized carbons (Fsp3) is 0.292. The van der Waals surface area contributed by atoms with Gasteiger partial charge in [0.1, 0.15) is 17.1 Å². The van der Waals surface area contributed by atoms with Crippen LogP contribution in [0.15, 0.2) is 35.9 Å². The zero-order valence-electron chi connectivity index (χ0n) is 19.3. The fourth-order valence-electron chi connectivity index (χ4n) is 3.33. The molecule has 9 nitrogen and oxygen atoms in total. The van der Waals surface area contributed by atoms with Crippen LogP contribution in [0.2, 0.25) is 5.02 Å². The Hall–Kier alpha value is -3.72. The van der Waals surface area contributed by atoms with E-state index in [1.165, 1.54) is 25.3 Å². The van der Waals surface area contributed by atoms with Gasteiger partial charge in [0.2, 0.25) is 0 Å². The van der Waals surface area contributed by atoms with Gasteiger partial charge in [-0.05, 0) is 50.6 Å². The van der Waals surface area contributed by atoms with Gasteiger partial charge < -0.3 is 18.9 Å². The van der Waals surface area contributed by atoms with Crippen molar-refractivity contribution in [3.63, 3.8) is 0 Å². The number of nitrogens with zero attached hydrogens (tertiary/aromatic N) is 1. The SMILES string of the molecule is CCOc1ccc(OCC)c(N2C(=O)NC(=O)/C(=C\c3cc(OC)c(OCC)cc3Cl)C2=O)c1. The maximum atomic E-state index is 13.4. The van der Waals surface area contributed by atoms with E-state index in [4.69, 9.17) is 30.5 Å². The highest BCUT2D eigenvalue weighted by Crippen LogP contribution is 2.37. The minimum atomic E-state index is -0.905. The summed E-state index contributed by atoms with van der Waals surface area (Å²) in [5, 5.41) is 2.42. The van der Waals surface area contributed by atoms with Gasteiger partial charge in [-0.25, -0.2) is 9.69 Å². The van der Waals surface area contributed by atoms with Crippen LogP contribution < -0.4 is 29.2 Å². The van der Waals surface area contributed by atoms with Crippen LogP contribution in [0.1, 0.15) is 26.3 Å². The molecule has 1 aliphatic heterocycles. The smallest absolute Gasteiger partial charge is 0.336 e. The number of benzene rings is 2. The van der Waals surface area contributed by atoms with E-state index in [0.29, 0.717) is 42.6 Å². The fourth-order valence-corrected chi connectivity index (χ4v) is 3.54. The summed E-state index contributed by atoms with van der Waals surface area (Å²) in [6, 6.07) is 6.94. The Morgan fingerprint density at radius 1 is 0.912 bits per heavy atom. The largest absolute Gasteiger partial charge is 0.494 e. The molecular formula is C24H25ClN2O7. The maximum Gasteiger partial charge on any atom is 0.336 e. The zero-order valence-corrected chi connectivity index (χ0v) is 20.0. The second-order valence-electron chi connectivity index (χ2n) is 6.91. The lowest BCUT2D eigenvalue weighted by Gasteiger charge is -2.28. The predicted octanol–water partition coefficient (Wildman–Crippen LogP) is 4.21. The molecule has 1 heterocycles. The van der Waals surface area contributed by atoms with Crippen molar-refractivity contribution in [3.05, 3.63) is 46.5 Å². The Balaban J connectivity index is 2.09. The average molecular weight is 489 g/mol. The number of hydrogen-bond acceptors (Lipinski definition) is 7. The van der Waals surface area contributed by atoms with E-state index < -0.39 is 17.8 Å². The molecule has 1 N–H and O–H groups in total. The average Bonchev–Trinajstić information content (AvgIpc) is 2.80. The van der Waals surface area contributed by atoms with Crippen molar-refractivity contribution >= 4 is 41.2 Å². The number of hydrogen-bond donors (Lipinski definition) is 1. The monoisotopic (exact) mass is 488 g/mol. The third kappa shape index (κ3) is 5.09. The lowest BCUT2D eigenvalue weighted by atomic mass is 10.1. The molecule has 1 fully saturated rings. The Kier molecular flexibility index (Phi) is 8.01. The number of anilines is 1. The molecule has 34 heavy (non-hydrogen) atoms. The third-order valence-corrected chi connectivity index (χ3v) is 5.09. The summed E-state index contributed by atoms with van der Waals surface area (Å²) in [4.78, 5) is 39.5. The highest BCUT2D eigenvalue weighted by Gasteiger charge is 2.38. The number of halogens is 1. The van der Waals surface area contributed by atoms with Gasteiger partial charge >= 0.3 is 6.03 Å². The van der Waals surface area contributed by atoms with E-state index in [9.17, 15) is 14.4 Å². The quantitative estimate of drug-likeness (QED) is 0.416. The predicted molar refractivity (Wildman–Crippen MR) is 127 cm³/mol. The number of amides is 4. The minimum absolute atomic E-state index is 0.143. The number of urea groups is 1. The van der Waals surface area contributed by atoms with Crippen LogP contribution in [-0.4, -0.2) is 44.8 Å². The molecule has 0 saturated carbocycles. The highest BCUT2D eigenvalue weighted by atomic mass is 35.5. The van der Waals surface area contributed by atoms with Crippen molar-refractivity contribution in [1.29, 1.82) is 0 Å². The number of nitrogens with one attached hydrogen (secondary N) is 1. The highest BCUT2D eigenvalue weighted by molar-refractivity contribution is 6.40. The molecule has 0 aromatic heterocycles. The summed E-state index contributed by atoms with van der Waals surface area (Å²) < 4.78 is 21.9. The molecule has 0 radical (unpaired) electrons. The van der Waals surface area contributed by atoms with Crippen molar-refractivity contribution in [2.75, 3.05) is 31.8 Å². The second kappa shape index (κ2) is 10.9. The molecule has 0 atom stereocenters. The molecule has 1 saturated heterocycles. The molecule has 3 rings (SSSR count). The number of imide groups is 2. The van der Waals surface area contributed by atoms with E-state index in [-0.39, 0.29) is 22.0 Å². The number of barbiturate groups is 1. The molecule has 1 aliphatic rings. The van der Waals surface area contributed by atoms with Gasteiger partial charge in [0.25, 0.3) is 11.8 Å². The first kappa shape index (κ1) is 24.9. The van der Waals surface area contributed by atoms with Crippen LogP contribution in [0.3, 0.4) is 0 Å². The number of carbonyl (C=O) groups excluding carboxylic acids is 3. The van der Waals surface area contributed by atoms with E-state index in [2.05, 4.69) is 5.32 Å². The Morgan fingerprint density at radius 3 is 2.24 bits per heavy atom. The van der Waals surface area contributed by atoms with Crippen LogP contribution in [0.5, 0.6) is 23.0 Å². The second-order valence-corrected chi connectivity index (χ2v) is 7.32. The van der Waals surface area contributed by atoms with Crippen LogP contribution in [0.4, 0.5) is 10.5 Å². The number of carbonyl (C=O) groups is 3. The summed E-state index contributed by atoms with van der Waals surface area (Å²) in [6.45, 7) is 6.48. The van der Waals surface area contributed by atoms with Crippen molar-refractivity contribution in [2.45, 2.75) is 20.8 Å². The molecule has 0 aliphatic carbocycles. The van der Waals surface area contributed by atoms with Gasteiger partial charge in [-0.2, -0.15) is 0 Å². The first-order valence-corrected chi connectivity index (χ1v) is 11.0. The first-order chi connectivity index (χ1) is 16.3. The van der Waals surface area contributed by atoms with E-state index in [1.807, 2.05) is 13.8 Å². The molecule has 10 heteroatoms. The lowest BCUT2D eigenvalue weighted by molar-refractivity contribution is -0.122. The van der Waals surface area contributed by atoms with Gasteiger partial charge in [0.15, 0.2) is 11.5 Å². The summed E-state index contributed by atoms with van der Waals surface area (Å²) in [7, 11) is 1.46. The molecule has 0 spiro atoms. The molecule has 0 bridgehead atoms. The molecular weight excluding hydrogens is 464 g/mol. The molecule has 2 aromatic carbocycles. The van der Waals surface area contributed by atoms with Crippen LogP contribution >= 0.6 is 11.6 Å². The summed E-state index contributed by atoms with van der Waals surface area (Å²) in [5.41, 5.74) is 0.184.